The van der Waals surface area contributed by atoms with Crippen LogP contribution in [0.25, 0.3) is 0 Å². The second kappa shape index (κ2) is 8.45. The van der Waals surface area contributed by atoms with E-state index in [1.165, 1.54) is 5.56 Å². The third-order valence-electron chi connectivity index (χ3n) is 2.33. The monoisotopic (exact) mass is 330 g/mol. The van der Waals surface area contributed by atoms with Gasteiger partial charge in [-0.25, -0.2) is 0 Å². The van der Waals surface area contributed by atoms with Gasteiger partial charge in [0.25, 0.3) is 0 Å². The summed E-state index contributed by atoms with van der Waals surface area (Å²) in [5.41, 5.74) is 2.19. The Hall–Kier alpha value is -0.650. The van der Waals surface area contributed by atoms with Crippen LogP contribution in [0.3, 0.4) is 0 Å². The van der Waals surface area contributed by atoms with Crippen LogP contribution in [-0.2, 0) is 4.74 Å². The van der Waals surface area contributed by atoms with Crippen molar-refractivity contribution < 1.29 is 4.74 Å². The molecule has 0 spiro atoms. The minimum Gasteiger partial charge on any atom is -0.382 e. The lowest BCUT2D eigenvalue weighted by atomic mass is 10.2. The Bertz CT molecular complexity index is 399. The third-order valence-corrected chi connectivity index (χ3v) is 3.23. The smallest absolute Gasteiger partial charge is 0.170 e. The van der Waals surface area contributed by atoms with Crippen molar-refractivity contribution >= 4 is 38.9 Å². The number of benzene rings is 1. The Morgan fingerprint density at radius 2 is 2.22 bits per heavy atom. The molecule has 0 amide bonds. The highest BCUT2D eigenvalue weighted by molar-refractivity contribution is 9.10. The van der Waals surface area contributed by atoms with E-state index in [9.17, 15) is 0 Å². The number of hydrogen-bond acceptors (Lipinski definition) is 2. The number of ether oxygens (including phenoxy) is 1. The van der Waals surface area contributed by atoms with Crippen LogP contribution in [0.1, 0.15) is 18.9 Å². The maximum Gasteiger partial charge on any atom is 0.170 e. The molecule has 18 heavy (non-hydrogen) atoms. The van der Waals surface area contributed by atoms with Gasteiger partial charge in [-0.2, -0.15) is 0 Å². The van der Waals surface area contributed by atoms with Gasteiger partial charge >= 0.3 is 0 Å². The van der Waals surface area contributed by atoms with Gasteiger partial charge in [-0.05, 0) is 66.1 Å². The summed E-state index contributed by atoms with van der Waals surface area (Å²) < 4.78 is 6.27. The van der Waals surface area contributed by atoms with Crippen molar-refractivity contribution in [2.24, 2.45) is 0 Å². The molecule has 0 heterocycles. The van der Waals surface area contributed by atoms with Gasteiger partial charge in [0.2, 0.25) is 0 Å². The summed E-state index contributed by atoms with van der Waals surface area (Å²) in [4.78, 5) is 0. The first kappa shape index (κ1) is 15.4. The van der Waals surface area contributed by atoms with E-state index in [0.29, 0.717) is 5.11 Å². The number of hydrogen-bond donors (Lipinski definition) is 2. The Kier molecular flexibility index (Phi) is 7.23. The summed E-state index contributed by atoms with van der Waals surface area (Å²) in [6.45, 7) is 6.39. The summed E-state index contributed by atoms with van der Waals surface area (Å²) >= 11 is 8.73. The van der Waals surface area contributed by atoms with Gasteiger partial charge < -0.3 is 15.4 Å². The lowest BCUT2D eigenvalue weighted by Gasteiger charge is -2.12. The first-order valence-electron chi connectivity index (χ1n) is 6.02. The first-order valence-corrected chi connectivity index (χ1v) is 7.22. The van der Waals surface area contributed by atoms with Crippen molar-refractivity contribution in [2.45, 2.75) is 20.3 Å². The summed E-state index contributed by atoms with van der Waals surface area (Å²) in [5, 5.41) is 6.95. The fraction of sp³-hybridized carbons (Fsp3) is 0.462. The van der Waals surface area contributed by atoms with Crippen molar-refractivity contribution in [2.75, 3.05) is 25.1 Å². The molecule has 0 radical (unpaired) electrons. The van der Waals surface area contributed by atoms with Crippen LogP contribution >= 0.6 is 28.1 Å². The topological polar surface area (TPSA) is 33.3 Å². The molecule has 2 N–H and O–H groups in total. The predicted molar refractivity (Wildman–Crippen MR) is 84.2 cm³/mol. The van der Waals surface area contributed by atoms with E-state index in [1.54, 1.807) is 0 Å². The molecule has 0 saturated carbocycles. The molecule has 0 saturated heterocycles. The SMILES string of the molecule is CCOCCCNC(=S)Nc1ccc(C)cc1Br. The van der Waals surface area contributed by atoms with Crippen molar-refractivity contribution in [3.8, 4) is 0 Å². The quantitative estimate of drug-likeness (QED) is 0.618. The lowest BCUT2D eigenvalue weighted by molar-refractivity contribution is 0.146. The highest BCUT2D eigenvalue weighted by atomic mass is 79.9. The molecule has 0 bridgehead atoms. The van der Waals surface area contributed by atoms with Crippen molar-refractivity contribution in [3.05, 3.63) is 28.2 Å². The highest BCUT2D eigenvalue weighted by Crippen LogP contribution is 2.23. The molecular formula is C13H19BrN2OS. The Balaban J connectivity index is 2.31. The second-order valence-electron chi connectivity index (χ2n) is 3.91. The minimum atomic E-state index is 0.635. The van der Waals surface area contributed by atoms with Gasteiger partial charge in [-0.3, -0.25) is 0 Å². The number of thiocarbonyl (C=S) groups is 1. The summed E-state index contributed by atoms with van der Waals surface area (Å²) in [5.74, 6) is 0. The lowest BCUT2D eigenvalue weighted by Crippen LogP contribution is -2.29. The van der Waals surface area contributed by atoms with Crippen LogP contribution in [0.15, 0.2) is 22.7 Å². The average molecular weight is 331 g/mol. The molecular weight excluding hydrogens is 312 g/mol. The zero-order chi connectivity index (χ0) is 13.4. The largest absolute Gasteiger partial charge is 0.382 e. The highest BCUT2D eigenvalue weighted by Gasteiger charge is 2.01. The van der Waals surface area contributed by atoms with Crippen LogP contribution in [0.5, 0.6) is 0 Å². The first-order chi connectivity index (χ1) is 8.63. The molecule has 3 nitrogen and oxygen atoms in total. The maximum absolute atomic E-state index is 5.25. The Morgan fingerprint density at radius 3 is 2.89 bits per heavy atom. The van der Waals surface area contributed by atoms with E-state index in [1.807, 2.05) is 19.1 Å². The number of nitrogens with one attached hydrogen (secondary N) is 2. The van der Waals surface area contributed by atoms with Crippen LogP contribution in [0, 0.1) is 6.92 Å². The van der Waals surface area contributed by atoms with Gasteiger partial charge in [-0.15, -0.1) is 0 Å². The molecule has 0 aliphatic rings. The molecule has 0 unspecified atom stereocenters. The summed E-state index contributed by atoms with van der Waals surface area (Å²) in [6, 6.07) is 6.11. The number of aryl methyl sites for hydroxylation is 1. The fourth-order valence-electron chi connectivity index (χ4n) is 1.41. The zero-order valence-corrected chi connectivity index (χ0v) is 13.2. The van der Waals surface area contributed by atoms with Gasteiger partial charge in [0.05, 0.1) is 5.69 Å². The van der Waals surface area contributed by atoms with E-state index in [2.05, 4.69) is 39.6 Å². The molecule has 100 valence electrons. The van der Waals surface area contributed by atoms with Gasteiger partial charge in [0, 0.05) is 24.2 Å². The molecule has 5 heteroatoms. The fourth-order valence-corrected chi connectivity index (χ4v) is 2.21. The zero-order valence-electron chi connectivity index (χ0n) is 10.8. The van der Waals surface area contributed by atoms with Gasteiger partial charge in [0.1, 0.15) is 0 Å². The molecule has 0 aromatic heterocycles. The molecule has 0 aliphatic heterocycles. The van der Waals surface area contributed by atoms with Crippen LogP contribution in [0.4, 0.5) is 5.69 Å². The van der Waals surface area contributed by atoms with E-state index in [0.717, 1.165) is 36.3 Å². The Labute approximate surface area is 122 Å². The summed E-state index contributed by atoms with van der Waals surface area (Å²) in [7, 11) is 0. The molecule has 1 aromatic rings. The second-order valence-corrected chi connectivity index (χ2v) is 5.18. The molecule has 0 fully saturated rings. The van der Waals surface area contributed by atoms with E-state index in [-0.39, 0.29) is 0 Å². The van der Waals surface area contributed by atoms with Crippen molar-refractivity contribution in [3.63, 3.8) is 0 Å². The van der Waals surface area contributed by atoms with Crippen LogP contribution in [-0.4, -0.2) is 24.9 Å². The maximum atomic E-state index is 5.25. The van der Waals surface area contributed by atoms with Gasteiger partial charge in [-0.1, -0.05) is 6.07 Å². The predicted octanol–water partition coefficient (Wildman–Crippen LogP) is 3.47. The molecule has 0 aliphatic carbocycles. The van der Waals surface area contributed by atoms with E-state index in [4.69, 9.17) is 17.0 Å². The normalized spacial score (nSPS) is 10.2. The van der Waals surface area contributed by atoms with Gasteiger partial charge in [0.15, 0.2) is 5.11 Å². The van der Waals surface area contributed by atoms with E-state index < -0.39 is 0 Å². The Morgan fingerprint density at radius 1 is 1.44 bits per heavy atom. The summed E-state index contributed by atoms with van der Waals surface area (Å²) in [6.07, 6.45) is 0.949. The number of rotatable bonds is 6. The average Bonchev–Trinajstić information content (AvgIpc) is 2.32. The van der Waals surface area contributed by atoms with Crippen LogP contribution < -0.4 is 10.6 Å². The minimum absolute atomic E-state index is 0.635. The number of anilines is 1. The third kappa shape index (κ3) is 5.80. The molecule has 1 rings (SSSR count). The van der Waals surface area contributed by atoms with Crippen LogP contribution in [0.2, 0.25) is 0 Å². The van der Waals surface area contributed by atoms with Crippen molar-refractivity contribution in [1.29, 1.82) is 0 Å². The van der Waals surface area contributed by atoms with E-state index >= 15 is 0 Å². The molecule has 1 aromatic carbocycles. The standard InChI is InChI=1S/C13H19BrN2OS/c1-3-17-8-4-7-15-13(18)16-12-6-5-10(2)9-11(12)14/h5-6,9H,3-4,7-8H2,1-2H3,(H2,15,16,18). The molecule has 0 atom stereocenters. The van der Waals surface area contributed by atoms with Crippen molar-refractivity contribution in [1.82, 2.24) is 5.32 Å². The number of halogens is 1.